The normalized spacial score (nSPS) is 14.7. The van der Waals surface area contributed by atoms with E-state index in [1.165, 1.54) is 7.11 Å². The smallest absolute Gasteiger partial charge is 0.262 e. The molecule has 1 aliphatic rings. The molecule has 9 heteroatoms. The summed E-state index contributed by atoms with van der Waals surface area (Å²) in [6, 6.07) is 14.9. The van der Waals surface area contributed by atoms with E-state index in [1.54, 1.807) is 18.2 Å². The van der Waals surface area contributed by atoms with E-state index < -0.39 is 5.92 Å². The highest BCUT2D eigenvalue weighted by Crippen LogP contribution is 2.44. The number of allylic oxidation sites excluding steroid dienone is 1. The molecule has 1 unspecified atom stereocenters. The first-order chi connectivity index (χ1) is 15.9. The molecule has 2 aromatic carbocycles. The largest absolute Gasteiger partial charge is 0.493 e. The van der Waals surface area contributed by atoms with Crippen LogP contribution in [-0.2, 0) is 4.79 Å². The summed E-state index contributed by atoms with van der Waals surface area (Å²) in [5.41, 5.74) is 10.3. The number of benzene rings is 2. The lowest BCUT2D eigenvalue weighted by molar-refractivity contribution is -0.118. The number of nitrogens with one attached hydrogen (secondary N) is 2. The molecule has 0 aliphatic carbocycles. The Balaban J connectivity index is 1.56. The van der Waals surface area contributed by atoms with Gasteiger partial charge in [0.05, 0.1) is 13.0 Å². The topological polar surface area (TPSA) is 135 Å². The lowest BCUT2D eigenvalue weighted by atomic mass is 9.84. The minimum atomic E-state index is -0.481. The molecule has 1 amide bonds. The number of carbonyl (C=O) groups is 1. The van der Waals surface area contributed by atoms with E-state index in [-0.39, 0.29) is 24.0 Å². The van der Waals surface area contributed by atoms with E-state index >= 15 is 0 Å². The highest BCUT2D eigenvalue weighted by Gasteiger charge is 2.34. The number of nitrogens with two attached hydrogens (primary N) is 1. The van der Waals surface area contributed by atoms with Gasteiger partial charge in [0.1, 0.15) is 11.6 Å². The third-order valence-corrected chi connectivity index (χ3v) is 5.34. The van der Waals surface area contributed by atoms with Crippen molar-refractivity contribution in [2.24, 2.45) is 5.73 Å². The van der Waals surface area contributed by atoms with Crippen LogP contribution in [0, 0.1) is 25.2 Å². The number of aromatic amines is 1. The van der Waals surface area contributed by atoms with Crippen LogP contribution in [0.15, 0.2) is 53.9 Å². The number of aryl methyl sites for hydroxylation is 2. The number of amides is 1. The average Bonchev–Trinajstić information content (AvgIpc) is 3.18. The van der Waals surface area contributed by atoms with Crippen molar-refractivity contribution in [3.05, 3.63) is 76.3 Å². The zero-order chi connectivity index (χ0) is 23.5. The molecular formula is C24H23N5O4. The third kappa shape index (κ3) is 4.32. The maximum Gasteiger partial charge on any atom is 0.262 e. The van der Waals surface area contributed by atoms with Crippen molar-refractivity contribution in [1.29, 1.82) is 5.26 Å². The van der Waals surface area contributed by atoms with E-state index in [0.29, 0.717) is 23.1 Å². The lowest BCUT2D eigenvalue weighted by Crippen LogP contribution is -2.21. The number of carbonyl (C=O) groups excluding carboxylic acids is 1. The Morgan fingerprint density at radius 1 is 1.24 bits per heavy atom. The van der Waals surface area contributed by atoms with Gasteiger partial charge in [-0.2, -0.15) is 5.26 Å². The first-order valence-electron chi connectivity index (χ1n) is 10.2. The molecule has 1 aromatic heterocycles. The molecule has 33 heavy (non-hydrogen) atoms. The number of H-pyrrole nitrogens is 1. The fourth-order valence-corrected chi connectivity index (χ4v) is 3.69. The van der Waals surface area contributed by atoms with Crippen molar-refractivity contribution < 1.29 is 19.0 Å². The Bertz CT molecular complexity index is 1270. The Morgan fingerprint density at radius 2 is 2.00 bits per heavy atom. The van der Waals surface area contributed by atoms with Gasteiger partial charge in [-0.3, -0.25) is 9.89 Å². The maximum absolute atomic E-state index is 12.3. The van der Waals surface area contributed by atoms with Crippen molar-refractivity contribution >= 4 is 11.6 Å². The van der Waals surface area contributed by atoms with Crippen molar-refractivity contribution in [2.45, 2.75) is 19.8 Å². The van der Waals surface area contributed by atoms with Crippen LogP contribution in [0.5, 0.6) is 17.4 Å². The quantitative estimate of drug-likeness (QED) is 0.530. The van der Waals surface area contributed by atoms with Gasteiger partial charge in [-0.25, -0.2) is 0 Å². The molecule has 0 fully saturated rings. The molecule has 168 valence electrons. The van der Waals surface area contributed by atoms with Gasteiger partial charge in [-0.15, -0.1) is 5.10 Å². The highest BCUT2D eigenvalue weighted by atomic mass is 16.5. The number of hydrogen-bond donors (Lipinski definition) is 3. The van der Waals surface area contributed by atoms with Gasteiger partial charge < -0.3 is 25.3 Å². The van der Waals surface area contributed by atoms with Gasteiger partial charge in [0.25, 0.3) is 5.91 Å². The van der Waals surface area contributed by atoms with Gasteiger partial charge in [-0.1, -0.05) is 23.8 Å². The van der Waals surface area contributed by atoms with Crippen LogP contribution in [-0.4, -0.2) is 29.8 Å². The van der Waals surface area contributed by atoms with Crippen molar-refractivity contribution in [3.63, 3.8) is 0 Å². The van der Waals surface area contributed by atoms with E-state index in [1.807, 2.05) is 38.1 Å². The second-order valence-corrected chi connectivity index (χ2v) is 7.61. The van der Waals surface area contributed by atoms with Crippen molar-refractivity contribution in [2.75, 3.05) is 19.0 Å². The summed E-state index contributed by atoms with van der Waals surface area (Å²) in [5.74, 6) is 0.378. The number of methoxy groups -OCH3 is 1. The number of nitrogens with zero attached hydrogens (tertiary/aromatic N) is 2. The number of aromatic nitrogens is 2. The molecule has 1 atom stereocenters. The maximum atomic E-state index is 12.3. The fraction of sp³-hybridized carbons (Fsp3) is 0.208. The SMILES string of the molecule is COc1cc(C2C(C#N)=C(N)Oc3n[nH]c(C)c32)ccc1OCC(=O)Nc1ccc(C)cc1. The average molecular weight is 445 g/mol. The first kappa shape index (κ1) is 21.8. The molecule has 1 aliphatic heterocycles. The number of anilines is 1. The monoisotopic (exact) mass is 445 g/mol. The van der Waals surface area contributed by atoms with Crippen LogP contribution < -0.4 is 25.3 Å². The highest BCUT2D eigenvalue weighted by molar-refractivity contribution is 5.91. The fourth-order valence-electron chi connectivity index (χ4n) is 3.69. The zero-order valence-corrected chi connectivity index (χ0v) is 18.4. The number of rotatable bonds is 6. The Hall–Kier alpha value is -4.45. The van der Waals surface area contributed by atoms with Crippen molar-refractivity contribution in [3.8, 4) is 23.4 Å². The van der Waals surface area contributed by atoms with Crippen LogP contribution in [0.3, 0.4) is 0 Å². The third-order valence-electron chi connectivity index (χ3n) is 5.34. The number of fused-ring (bicyclic) bond motifs is 1. The summed E-state index contributed by atoms with van der Waals surface area (Å²) < 4.78 is 16.7. The first-order valence-corrected chi connectivity index (χ1v) is 10.2. The number of ether oxygens (including phenoxy) is 3. The molecule has 0 spiro atoms. The molecular weight excluding hydrogens is 422 g/mol. The van der Waals surface area contributed by atoms with Gasteiger partial charge >= 0.3 is 0 Å². The summed E-state index contributed by atoms with van der Waals surface area (Å²) in [4.78, 5) is 12.3. The van der Waals surface area contributed by atoms with Gasteiger partial charge in [0.15, 0.2) is 18.1 Å². The van der Waals surface area contributed by atoms with E-state index in [4.69, 9.17) is 19.9 Å². The standard InChI is InChI=1S/C24H23N5O4/c1-13-4-7-16(8-5-13)27-20(30)12-32-18-9-6-15(10-19(18)31-3)22-17(11-25)23(26)33-24-21(22)14(2)28-29-24/h4-10,22H,12,26H2,1-3H3,(H,27,30)(H,28,29). The van der Waals surface area contributed by atoms with E-state index in [2.05, 4.69) is 21.6 Å². The van der Waals surface area contributed by atoms with Crippen LogP contribution in [0.4, 0.5) is 5.69 Å². The second-order valence-electron chi connectivity index (χ2n) is 7.61. The molecule has 4 N–H and O–H groups in total. The molecule has 9 nitrogen and oxygen atoms in total. The van der Waals surface area contributed by atoms with Crippen LogP contribution in [0.1, 0.15) is 28.3 Å². The zero-order valence-electron chi connectivity index (χ0n) is 18.4. The number of nitriles is 1. The summed E-state index contributed by atoms with van der Waals surface area (Å²) in [7, 11) is 1.51. The van der Waals surface area contributed by atoms with Gasteiger partial charge in [-0.05, 0) is 43.7 Å². The van der Waals surface area contributed by atoms with Crippen LogP contribution in [0.25, 0.3) is 0 Å². The van der Waals surface area contributed by atoms with Crippen LogP contribution in [0.2, 0.25) is 0 Å². The predicted molar refractivity (Wildman–Crippen MR) is 121 cm³/mol. The Morgan fingerprint density at radius 3 is 2.70 bits per heavy atom. The lowest BCUT2D eigenvalue weighted by Gasteiger charge is -2.24. The minimum Gasteiger partial charge on any atom is -0.493 e. The summed E-state index contributed by atoms with van der Waals surface area (Å²) in [5, 5.41) is 19.5. The molecule has 0 saturated heterocycles. The summed E-state index contributed by atoms with van der Waals surface area (Å²) >= 11 is 0. The molecule has 0 bridgehead atoms. The predicted octanol–water partition coefficient (Wildman–Crippen LogP) is 3.27. The van der Waals surface area contributed by atoms with E-state index in [9.17, 15) is 10.1 Å². The molecule has 3 aromatic rings. The van der Waals surface area contributed by atoms with Crippen LogP contribution >= 0.6 is 0 Å². The Labute approximate surface area is 190 Å². The molecule has 0 saturated carbocycles. The van der Waals surface area contributed by atoms with Gasteiger partial charge in [0, 0.05) is 16.9 Å². The minimum absolute atomic E-state index is 0.00794. The van der Waals surface area contributed by atoms with Crippen molar-refractivity contribution in [1.82, 2.24) is 10.2 Å². The summed E-state index contributed by atoms with van der Waals surface area (Å²) in [6.45, 7) is 3.63. The van der Waals surface area contributed by atoms with Gasteiger partial charge in [0.2, 0.25) is 11.8 Å². The Kier molecular flexibility index (Phi) is 5.91. The second kappa shape index (κ2) is 8.96. The number of hydrogen-bond acceptors (Lipinski definition) is 7. The molecule has 4 rings (SSSR count). The van der Waals surface area contributed by atoms with E-state index in [0.717, 1.165) is 22.4 Å². The molecule has 2 heterocycles. The summed E-state index contributed by atoms with van der Waals surface area (Å²) in [6.07, 6.45) is 0. The molecule has 0 radical (unpaired) electrons.